The monoisotopic (exact) mass is 459 g/mol. The summed E-state index contributed by atoms with van der Waals surface area (Å²) >= 11 is 0. The molecule has 0 spiro atoms. The normalized spacial score (nSPS) is 19.8. The van der Waals surface area contributed by atoms with Crippen LogP contribution in [0.15, 0.2) is 42.7 Å². The first-order valence-corrected chi connectivity index (χ1v) is 11.4. The highest BCUT2D eigenvalue weighted by Gasteiger charge is 2.35. The summed E-state index contributed by atoms with van der Waals surface area (Å²) in [7, 11) is 2.04. The zero-order chi connectivity index (χ0) is 23.9. The fourth-order valence-corrected chi connectivity index (χ4v) is 4.43. The Balaban J connectivity index is 1.33. The van der Waals surface area contributed by atoms with Crippen molar-refractivity contribution < 1.29 is 9.90 Å². The molecule has 1 amide bonds. The van der Waals surface area contributed by atoms with Gasteiger partial charge in [0.25, 0.3) is 5.91 Å². The van der Waals surface area contributed by atoms with Crippen LogP contribution in [-0.2, 0) is 5.41 Å². The molecule has 1 aromatic carbocycles. The van der Waals surface area contributed by atoms with Gasteiger partial charge in [-0.15, -0.1) is 0 Å². The van der Waals surface area contributed by atoms with E-state index in [0.29, 0.717) is 18.1 Å². The van der Waals surface area contributed by atoms with E-state index in [1.54, 1.807) is 12.4 Å². The number of carbonyl (C=O) groups excluding carboxylic acids is 1. The molecule has 2 aromatic heterocycles. The number of nitrogens with one attached hydrogen (secondary N) is 3. The van der Waals surface area contributed by atoms with Crippen molar-refractivity contribution in [2.75, 3.05) is 43.9 Å². The molecule has 3 aromatic rings. The number of fused-ring (bicyclic) bond motifs is 1. The summed E-state index contributed by atoms with van der Waals surface area (Å²) in [5.74, 6) is 1.20. The van der Waals surface area contributed by atoms with Gasteiger partial charge in [0.05, 0.1) is 18.3 Å². The van der Waals surface area contributed by atoms with E-state index in [4.69, 9.17) is 0 Å². The Bertz CT molecular complexity index is 1240. The number of hydrogen-bond acceptors (Lipinski definition) is 8. The summed E-state index contributed by atoms with van der Waals surface area (Å²) in [5.41, 5.74) is 4.61. The quantitative estimate of drug-likeness (QED) is 0.444. The van der Waals surface area contributed by atoms with Gasteiger partial charge in [0, 0.05) is 59.8 Å². The molecule has 1 unspecified atom stereocenters. The van der Waals surface area contributed by atoms with Gasteiger partial charge in [0.1, 0.15) is 5.82 Å². The molecule has 0 saturated carbocycles. The third kappa shape index (κ3) is 4.20. The van der Waals surface area contributed by atoms with E-state index >= 15 is 0 Å². The zero-order valence-corrected chi connectivity index (χ0v) is 19.6. The Morgan fingerprint density at radius 3 is 2.82 bits per heavy atom. The summed E-state index contributed by atoms with van der Waals surface area (Å²) in [6, 6.07) is 9.64. The first-order chi connectivity index (χ1) is 16.3. The maximum atomic E-state index is 12.5. The van der Waals surface area contributed by atoms with Crippen molar-refractivity contribution in [3.05, 3.63) is 59.4 Å². The first-order valence-electron chi connectivity index (χ1n) is 11.4. The number of hydrogen-bond donors (Lipinski definition) is 4. The number of aliphatic hydroxyl groups is 1. The SMILES string of the molecule is Cc1cc(C(=O)NC2CN(C)C2)ccc1Nc1nccc(-c2cnc3c(c2)C(C)(CO)CN3)n1. The van der Waals surface area contributed by atoms with Crippen LogP contribution in [0.1, 0.15) is 28.4 Å². The zero-order valence-electron chi connectivity index (χ0n) is 19.6. The smallest absolute Gasteiger partial charge is 0.251 e. The van der Waals surface area contributed by atoms with Crippen LogP contribution in [0.2, 0.25) is 0 Å². The largest absolute Gasteiger partial charge is 0.395 e. The lowest BCUT2D eigenvalue weighted by Crippen LogP contribution is -2.57. The third-order valence-electron chi connectivity index (χ3n) is 6.62. The van der Waals surface area contributed by atoms with E-state index < -0.39 is 0 Å². The van der Waals surface area contributed by atoms with Crippen LogP contribution >= 0.6 is 0 Å². The number of rotatable bonds is 6. The predicted molar refractivity (Wildman–Crippen MR) is 131 cm³/mol. The maximum Gasteiger partial charge on any atom is 0.251 e. The summed E-state index contributed by atoms with van der Waals surface area (Å²) < 4.78 is 0. The summed E-state index contributed by atoms with van der Waals surface area (Å²) in [4.78, 5) is 28.2. The number of likely N-dealkylation sites (N-methyl/N-ethyl adjacent to an activating group) is 1. The summed E-state index contributed by atoms with van der Waals surface area (Å²) in [6.45, 7) is 6.42. The molecule has 176 valence electrons. The topological polar surface area (TPSA) is 115 Å². The molecule has 0 bridgehead atoms. The average Bonchev–Trinajstić information content (AvgIpc) is 3.16. The molecular formula is C25H29N7O2. The van der Waals surface area contributed by atoms with Crippen LogP contribution in [0.3, 0.4) is 0 Å². The molecule has 2 aliphatic heterocycles. The molecule has 1 atom stereocenters. The molecule has 34 heavy (non-hydrogen) atoms. The van der Waals surface area contributed by atoms with Gasteiger partial charge in [-0.05, 0) is 49.9 Å². The highest BCUT2D eigenvalue weighted by Crippen LogP contribution is 2.37. The number of carbonyl (C=O) groups is 1. The molecule has 9 heteroatoms. The van der Waals surface area contributed by atoms with Crippen molar-refractivity contribution in [1.82, 2.24) is 25.2 Å². The van der Waals surface area contributed by atoms with E-state index in [0.717, 1.165) is 47.0 Å². The number of pyridine rings is 1. The second-order valence-electron chi connectivity index (χ2n) is 9.50. The lowest BCUT2D eigenvalue weighted by atomic mass is 9.85. The van der Waals surface area contributed by atoms with Crippen LogP contribution in [0.5, 0.6) is 0 Å². The van der Waals surface area contributed by atoms with Crippen molar-refractivity contribution in [2.24, 2.45) is 0 Å². The second kappa shape index (κ2) is 8.66. The van der Waals surface area contributed by atoms with Gasteiger partial charge in [-0.1, -0.05) is 6.92 Å². The Hall–Kier alpha value is -3.56. The highest BCUT2D eigenvalue weighted by molar-refractivity contribution is 5.95. The minimum absolute atomic E-state index is 0.0414. The third-order valence-corrected chi connectivity index (χ3v) is 6.62. The highest BCUT2D eigenvalue weighted by atomic mass is 16.3. The van der Waals surface area contributed by atoms with Gasteiger partial charge in [0.2, 0.25) is 5.95 Å². The summed E-state index contributed by atoms with van der Waals surface area (Å²) in [6.07, 6.45) is 3.48. The molecular weight excluding hydrogens is 430 g/mol. The van der Waals surface area contributed by atoms with E-state index in [1.807, 2.05) is 51.2 Å². The van der Waals surface area contributed by atoms with E-state index in [1.165, 1.54) is 0 Å². The number of benzene rings is 1. The van der Waals surface area contributed by atoms with Crippen LogP contribution in [0.25, 0.3) is 11.3 Å². The minimum atomic E-state index is -0.369. The van der Waals surface area contributed by atoms with Crippen molar-refractivity contribution in [2.45, 2.75) is 25.3 Å². The number of nitrogens with zero attached hydrogens (tertiary/aromatic N) is 4. The van der Waals surface area contributed by atoms with Gasteiger partial charge in [-0.25, -0.2) is 15.0 Å². The van der Waals surface area contributed by atoms with Crippen molar-refractivity contribution in [1.29, 1.82) is 0 Å². The van der Waals surface area contributed by atoms with Crippen LogP contribution in [0.4, 0.5) is 17.5 Å². The van der Waals surface area contributed by atoms with E-state index in [9.17, 15) is 9.90 Å². The van der Waals surface area contributed by atoms with Crippen molar-refractivity contribution in [3.63, 3.8) is 0 Å². The molecule has 4 heterocycles. The average molecular weight is 460 g/mol. The number of likely N-dealkylation sites (tertiary alicyclic amines) is 1. The maximum absolute atomic E-state index is 12.5. The molecule has 0 radical (unpaired) electrons. The summed E-state index contributed by atoms with van der Waals surface area (Å²) in [5, 5.41) is 19.4. The first kappa shape index (κ1) is 22.2. The van der Waals surface area contributed by atoms with Crippen LogP contribution in [0, 0.1) is 6.92 Å². The molecule has 5 rings (SSSR count). The number of amides is 1. The van der Waals surface area contributed by atoms with Crippen molar-refractivity contribution in [3.8, 4) is 11.3 Å². The van der Waals surface area contributed by atoms with Gasteiger partial charge in [0.15, 0.2) is 0 Å². The fraction of sp³-hybridized carbons (Fsp3) is 0.360. The lowest BCUT2D eigenvalue weighted by Gasteiger charge is -2.36. The fourth-order valence-electron chi connectivity index (χ4n) is 4.43. The predicted octanol–water partition coefficient (Wildman–Crippen LogP) is 2.31. The van der Waals surface area contributed by atoms with Gasteiger partial charge < -0.3 is 26.0 Å². The second-order valence-corrected chi connectivity index (χ2v) is 9.50. The van der Waals surface area contributed by atoms with Crippen LogP contribution < -0.4 is 16.0 Å². The lowest BCUT2D eigenvalue weighted by molar-refractivity contribution is 0.0857. The standard InChI is InChI=1S/C25H29N7O2/c1-15-8-16(23(34)29-18-11-32(3)12-18)4-5-20(15)30-24-26-7-6-21(31-24)17-9-19-22(27-10-17)28-13-25(19,2)14-33/h4-10,18,33H,11-14H2,1-3H3,(H,27,28)(H,29,34)(H,26,30,31). The molecule has 1 saturated heterocycles. The molecule has 0 aliphatic carbocycles. The van der Waals surface area contributed by atoms with E-state index in [-0.39, 0.29) is 24.0 Å². The van der Waals surface area contributed by atoms with Crippen LogP contribution in [-0.4, -0.2) is 70.2 Å². The molecule has 4 N–H and O–H groups in total. The number of aliphatic hydroxyl groups excluding tert-OH is 1. The Kier molecular flexibility index (Phi) is 5.66. The number of aromatic nitrogens is 3. The number of aryl methyl sites for hydroxylation is 1. The van der Waals surface area contributed by atoms with Gasteiger partial charge in [-0.3, -0.25) is 4.79 Å². The minimum Gasteiger partial charge on any atom is -0.395 e. The Morgan fingerprint density at radius 2 is 2.09 bits per heavy atom. The van der Waals surface area contributed by atoms with Gasteiger partial charge in [-0.2, -0.15) is 0 Å². The Labute approximate surface area is 198 Å². The van der Waals surface area contributed by atoms with Crippen molar-refractivity contribution >= 4 is 23.4 Å². The van der Waals surface area contributed by atoms with Gasteiger partial charge >= 0.3 is 0 Å². The molecule has 1 fully saturated rings. The molecule has 2 aliphatic rings. The van der Waals surface area contributed by atoms with E-state index in [2.05, 4.69) is 35.8 Å². The Morgan fingerprint density at radius 1 is 1.26 bits per heavy atom. The number of anilines is 3. The molecule has 9 nitrogen and oxygen atoms in total.